The summed E-state index contributed by atoms with van der Waals surface area (Å²) in [6.45, 7) is 10.2. The van der Waals surface area contributed by atoms with Crippen molar-refractivity contribution < 1.29 is 23.8 Å². The molecule has 2 aromatic rings. The maximum atomic E-state index is 12.9. The van der Waals surface area contributed by atoms with E-state index >= 15 is 0 Å². The number of benzene rings is 2. The third-order valence-corrected chi connectivity index (χ3v) is 7.17. The van der Waals surface area contributed by atoms with Gasteiger partial charge in [-0.05, 0) is 55.7 Å². The third-order valence-electron chi connectivity index (χ3n) is 7.17. The Balaban J connectivity index is 1.34. The molecule has 1 fully saturated rings. The van der Waals surface area contributed by atoms with Gasteiger partial charge < -0.3 is 24.4 Å². The van der Waals surface area contributed by atoms with Crippen LogP contribution in [0.2, 0.25) is 0 Å². The van der Waals surface area contributed by atoms with E-state index in [2.05, 4.69) is 22.5 Å². The molecule has 0 aromatic heterocycles. The van der Waals surface area contributed by atoms with Crippen molar-refractivity contribution in [1.82, 2.24) is 15.2 Å². The van der Waals surface area contributed by atoms with Gasteiger partial charge in [-0.15, -0.1) is 0 Å². The van der Waals surface area contributed by atoms with E-state index < -0.39 is 6.09 Å². The van der Waals surface area contributed by atoms with Crippen molar-refractivity contribution in [2.45, 2.75) is 39.7 Å². The molecule has 0 radical (unpaired) electrons. The second kappa shape index (κ2) is 14.7. The molecular formula is C30H41N5O5. The van der Waals surface area contributed by atoms with Crippen molar-refractivity contribution in [3.63, 3.8) is 0 Å². The summed E-state index contributed by atoms with van der Waals surface area (Å²) in [5.41, 5.74) is 3.33. The molecule has 0 bridgehead atoms. The van der Waals surface area contributed by atoms with E-state index in [1.165, 1.54) is 5.01 Å². The molecule has 0 spiro atoms. The van der Waals surface area contributed by atoms with E-state index in [4.69, 9.17) is 19.3 Å². The predicted octanol–water partition coefficient (Wildman–Crippen LogP) is 4.10. The van der Waals surface area contributed by atoms with E-state index in [0.29, 0.717) is 43.4 Å². The highest BCUT2D eigenvalue weighted by Gasteiger charge is 2.30. The van der Waals surface area contributed by atoms with Crippen molar-refractivity contribution in [2.24, 2.45) is 11.0 Å². The highest BCUT2D eigenvalue weighted by Crippen LogP contribution is 2.32. The van der Waals surface area contributed by atoms with E-state index in [1.54, 1.807) is 7.11 Å². The van der Waals surface area contributed by atoms with Crippen LogP contribution in [0.1, 0.15) is 44.2 Å². The third kappa shape index (κ3) is 7.95. The van der Waals surface area contributed by atoms with E-state index in [-0.39, 0.29) is 11.8 Å². The predicted molar refractivity (Wildman–Crippen MR) is 155 cm³/mol. The van der Waals surface area contributed by atoms with Gasteiger partial charge in [0.25, 0.3) is 0 Å². The Morgan fingerprint density at radius 1 is 1.10 bits per heavy atom. The number of hydrazone groups is 1. The summed E-state index contributed by atoms with van der Waals surface area (Å²) in [6, 6.07) is 13.2. The van der Waals surface area contributed by atoms with Crippen molar-refractivity contribution >= 4 is 23.4 Å². The van der Waals surface area contributed by atoms with E-state index in [0.717, 1.165) is 62.4 Å². The summed E-state index contributed by atoms with van der Waals surface area (Å²) < 4.78 is 16.5. The van der Waals surface area contributed by atoms with Crippen molar-refractivity contribution in [2.75, 3.05) is 58.4 Å². The summed E-state index contributed by atoms with van der Waals surface area (Å²) in [5.74, 6) is 1.34. The van der Waals surface area contributed by atoms with Crippen molar-refractivity contribution in [3.05, 3.63) is 53.6 Å². The van der Waals surface area contributed by atoms with Crippen LogP contribution in [0.25, 0.3) is 0 Å². The van der Waals surface area contributed by atoms with Gasteiger partial charge in [0.1, 0.15) is 0 Å². The highest BCUT2D eigenvalue weighted by molar-refractivity contribution is 6.06. The van der Waals surface area contributed by atoms with Crippen LogP contribution in [0.15, 0.2) is 47.6 Å². The summed E-state index contributed by atoms with van der Waals surface area (Å²) >= 11 is 0. The van der Waals surface area contributed by atoms with Crippen LogP contribution in [-0.4, -0.2) is 80.7 Å². The summed E-state index contributed by atoms with van der Waals surface area (Å²) in [4.78, 5) is 27.5. The van der Waals surface area contributed by atoms with Crippen LogP contribution < -0.4 is 20.1 Å². The van der Waals surface area contributed by atoms with Gasteiger partial charge in [-0.25, -0.2) is 9.80 Å². The fourth-order valence-corrected chi connectivity index (χ4v) is 4.95. The van der Waals surface area contributed by atoms with Gasteiger partial charge in [-0.3, -0.25) is 10.1 Å². The van der Waals surface area contributed by atoms with E-state index in [1.807, 2.05) is 49.4 Å². The standard InChI is InChI=1S/C30H41N5O5/c1-4-23-20-28(36)35(33-29(23)24-9-12-26(38-3)27(19-24)39-5-2)21-22-7-10-25(11-8-22)32-30(37)40-18-6-15-34-16-13-31-14-17-34/h7-12,19,23,31H,4-6,13-18,20-21H2,1-3H3,(H,32,37). The maximum absolute atomic E-state index is 12.9. The molecule has 2 aliphatic heterocycles. The van der Waals surface area contributed by atoms with Gasteiger partial charge >= 0.3 is 6.09 Å². The number of anilines is 1. The van der Waals surface area contributed by atoms with Gasteiger partial charge in [-0.1, -0.05) is 19.1 Å². The van der Waals surface area contributed by atoms with Gasteiger partial charge in [0.15, 0.2) is 11.5 Å². The first-order valence-electron chi connectivity index (χ1n) is 14.2. The number of methoxy groups -OCH3 is 1. The summed E-state index contributed by atoms with van der Waals surface area (Å²) in [7, 11) is 1.62. The quantitative estimate of drug-likeness (QED) is 0.383. The molecule has 1 atom stereocenters. The average molecular weight is 552 g/mol. The molecule has 0 saturated carbocycles. The van der Waals surface area contributed by atoms with Gasteiger partial charge in [0.05, 0.1) is 32.6 Å². The summed E-state index contributed by atoms with van der Waals surface area (Å²) in [5, 5.41) is 12.4. The molecule has 2 heterocycles. The second-order valence-electron chi connectivity index (χ2n) is 9.95. The normalized spacial score (nSPS) is 17.8. The molecule has 2 N–H and O–H groups in total. The number of carbonyl (C=O) groups is 2. The number of carbonyl (C=O) groups excluding carboxylic acids is 2. The molecule has 0 aliphatic carbocycles. The number of amides is 2. The van der Waals surface area contributed by atoms with Crippen LogP contribution in [-0.2, 0) is 16.1 Å². The molecule has 2 amide bonds. The number of piperazine rings is 1. The number of nitrogens with zero attached hydrogens (tertiary/aromatic N) is 3. The maximum Gasteiger partial charge on any atom is 0.411 e. The molecule has 216 valence electrons. The minimum Gasteiger partial charge on any atom is -0.493 e. The smallest absolute Gasteiger partial charge is 0.411 e. The molecule has 2 aromatic carbocycles. The van der Waals surface area contributed by atoms with Crippen molar-refractivity contribution in [3.8, 4) is 11.5 Å². The average Bonchev–Trinajstić information content (AvgIpc) is 2.98. The van der Waals surface area contributed by atoms with Crippen molar-refractivity contribution in [1.29, 1.82) is 0 Å². The second-order valence-corrected chi connectivity index (χ2v) is 9.95. The first-order chi connectivity index (χ1) is 19.5. The molecule has 10 nitrogen and oxygen atoms in total. The Hall–Kier alpha value is -3.63. The van der Waals surface area contributed by atoms with Crippen LogP contribution in [0.4, 0.5) is 10.5 Å². The Morgan fingerprint density at radius 2 is 1.88 bits per heavy atom. The minimum atomic E-state index is -0.468. The molecule has 40 heavy (non-hydrogen) atoms. The first-order valence-corrected chi connectivity index (χ1v) is 14.2. The number of hydrogen-bond acceptors (Lipinski definition) is 8. The Bertz CT molecular complexity index is 1160. The van der Waals surface area contributed by atoms with Gasteiger partial charge in [0.2, 0.25) is 5.91 Å². The number of rotatable bonds is 12. The van der Waals surface area contributed by atoms with Crippen LogP contribution in [0.5, 0.6) is 11.5 Å². The van der Waals surface area contributed by atoms with Gasteiger partial charge in [0, 0.05) is 56.3 Å². The first kappa shape index (κ1) is 29.4. The van der Waals surface area contributed by atoms with Crippen LogP contribution >= 0.6 is 0 Å². The number of hydrogen-bond donors (Lipinski definition) is 2. The lowest BCUT2D eigenvalue weighted by atomic mass is 9.89. The largest absolute Gasteiger partial charge is 0.493 e. The Morgan fingerprint density at radius 3 is 2.58 bits per heavy atom. The topological polar surface area (TPSA) is 105 Å². The molecule has 4 rings (SSSR count). The SMILES string of the molecule is CCOc1cc(C2=NN(Cc3ccc(NC(=O)OCCCN4CCNCC4)cc3)C(=O)CC2CC)ccc1OC. The molecule has 2 aliphatic rings. The van der Waals surface area contributed by atoms with E-state index in [9.17, 15) is 9.59 Å². The fraction of sp³-hybridized carbons (Fsp3) is 0.500. The fourth-order valence-electron chi connectivity index (χ4n) is 4.95. The van der Waals surface area contributed by atoms with Gasteiger partial charge in [-0.2, -0.15) is 5.10 Å². The zero-order chi connectivity index (χ0) is 28.3. The highest BCUT2D eigenvalue weighted by atomic mass is 16.5. The molecule has 10 heteroatoms. The lowest BCUT2D eigenvalue weighted by Gasteiger charge is -2.29. The zero-order valence-corrected chi connectivity index (χ0v) is 23.8. The molecule has 1 saturated heterocycles. The molecular weight excluding hydrogens is 510 g/mol. The van der Waals surface area contributed by atoms with Crippen LogP contribution in [0, 0.1) is 5.92 Å². The summed E-state index contributed by atoms with van der Waals surface area (Å²) in [6.07, 6.45) is 1.54. The van der Waals surface area contributed by atoms with Crippen LogP contribution in [0.3, 0.4) is 0 Å². The Labute approximate surface area is 236 Å². The number of nitrogens with one attached hydrogen (secondary N) is 2. The lowest BCUT2D eigenvalue weighted by molar-refractivity contribution is -0.133. The zero-order valence-electron chi connectivity index (χ0n) is 23.8. The minimum absolute atomic E-state index is 0.0132. The lowest BCUT2D eigenvalue weighted by Crippen LogP contribution is -2.43. The number of ether oxygens (including phenoxy) is 3. The monoisotopic (exact) mass is 551 g/mol. The Kier molecular flexibility index (Phi) is 10.8. The molecule has 1 unspecified atom stereocenters.